The molecule has 2 aromatic heterocycles. The molecule has 332 valence electrons. The Morgan fingerprint density at radius 3 is 1.66 bits per heavy atom. The van der Waals surface area contributed by atoms with Crippen LogP contribution in [0.1, 0.15) is 27.8 Å². The zero-order valence-corrected chi connectivity index (χ0v) is 37.5. The number of hydrogen-bond donors (Lipinski definition) is 0. The Hall–Kier alpha value is -10.2. The molecule has 0 saturated heterocycles. The molecule has 0 saturated carbocycles. The SMILES string of the molecule is [C-]#[N+]c1ccc(-c2ccc3c(c2)c2ccccc2n3-c2cccc(-c3cc(C)cc(C(F)(F)F)c3)c2-c2c(C#N)cccc2-n2c3ccccc3c3cc(-c4ccc(C#N)cc4C#N)ccc32)c([N+]#[C-])c1. The number of rotatable bonds is 6. The molecule has 0 fully saturated rings. The van der Waals surface area contributed by atoms with E-state index >= 15 is 0 Å². The molecule has 0 bridgehead atoms. The smallest absolute Gasteiger partial charge is 0.309 e. The lowest BCUT2D eigenvalue weighted by Crippen LogP contribution is -2.07. The molecule has 0 amide bonds. The molecular formula is C61H32F3N7. The van der Waals surface area contributed by atoms with Crippen molar-refractivity contribution in [1.82, 2.24) is 9.13 Å². The summed E-state index contributed by atoms with van der Waals surface area (Å²) in [5.41, 5.74) is 10.4. The van der Waals surface area contributed by atoms with Crippen LogP contribution in [0.5, 0.6) is 0 Å². The highest BCUT2D eigenvalue weighted by Crippen LogP contribution is 2.48. The average Bonchev–Trinajstić information content (AvgIpc) is 3.91. The normalized spacial score (nSPS) is 11.3. The maximum absolute atomic E-state index is 14.7. The van der Waals surface area contributed by atoms with Gasteiger partial charge in [-0.05, 0) is 125 Å². The highest BCUT2D eigenvalue weighted by Gasteiger charge is 2.32. The van der Waals surface area contributed by atoms with E-state index in [0.717, 1.165) is 66.9 Å². The van der Waals surface area contributed by atoms with Gasteiger partial charge in [-0.15, -0.1) is 0 Å². The van der Waals surface area contributed by atoms with Gasteiger partial charge in [0, 0.05) is 32.7 Å². The quantitative estimate of drug-likeness (QED) is 0.156. The molecule has 0 atom stereocenters. The van der Waals surface area contributed by atoms with E-state index in [0.29, 0.717) is 72.8 Å². The lowest BCUT2D eigenvalue weighted by molar-refractivity contribution is -0.137. The summed E-state index contributed by atoms with van der Waals surface area (Å²) in [7, 11) is 0. The van der Waals surface area contributed by atoms with Crippen LogP contribution in [0.4, 0.5) is 24.5 Å². The molecule has 0 aliphatic rings. The zero-order chi connectivity index (χ0) is 49.1. The number of nitriles is 3. The molecule has 0 unspecified atom stereocenters. The molecule has 71 heavy (non-hydrogen) atoms. The number of aromatic nitrogens is 2. The molecule has 0 spiro atoms. The Balaban J connectivity index is 1.24. The first-order valence-corrected chi connectivity index (χ1v) is 22.3. The summed E-state index contributed by atoms with van der Waals surface area (Å²) >= 11 is 0. The Kier molecular flexibility index (Phi) is 10.3. The first-order valence-electron chi connectivity index (χ1n) is 22.3. The Labute approximate surface area is 405 Å². The van der Waals surface area contributed by atoms with E-state index in [-0.39, 0.29) is 5.56 Å². The number of benzene rings is 9. The molecule has 0 N–H and O–H groups in total. The van der Waals surface area contributed by atoms with Crippen LogP contribution in [0.3, 0.4) is 0 Å². The molecule has 9 aromatic carbocycles. The third kappa shape index (κ3) is 7.10. The highest BCUT2D eigenvalue weighted by atomic mass is 19.4. The summed E-state index contributed by atoms with van der Waals surface area (Å²) < 4.78 is 48.4. The first kappa shape index (κ1) is 43.4. The van der Waals surface area contributed by atoms with Crippen LogP contribution < -0.4 is 0 Å². The van der Waals surface area contributed by atoms with Gasteiger partial charge in [0.1, 0.15) is 0 Å². The molecule has 0 radical (unpaired) electrons. The number of nitrogens with zero attached hydrogens (tertiary/aromatic N) is 7. The second kappa shape index (κ2) is 16.9. The van der Waals surface area contributed by atoms with Crippen molar-refractivity contribution in [3.05, 3.63) is 227 Å². The van der Waals surface area contributed by atoms with Gasteiger partial charge in [0.25, 0.3) is 0 Å². The van der Waals surface area contributed by atoms with E-state index in [4.69, 9.17) is 13.1 Å². The second-order valence-corrected chi connectivity index (χ2v) is 17.2. The monoisotopic (exact) mass is 919 g/mol. The topological polar surface area (TPSA) is 90.0 Å². The van der Waals surface area contributed by atoms with Gasteiger partial charge < -0.3 is 9.13 Å². The molecular weight excluding hydrogens is 888 g/mol. The summed E-state index contributed by atoms with van der Waals surface area (Å²) in [5, 5.41) is 34.4. The molecule has 7 nitrogen and oxygen atoms in total. The van der Waals surface area contributed by atoms with E-state index < -0.39 is 11.7 Å². The van der Waals surface area contributed by atoms with Crippen LogP contribution in [-0.2, 0) is 6.18 Å². The summed E-state index contributed by atoms with van der Waals surface area (Å²) in [6.07, 6.45) is -4.64. The van der Waals surface area contributed by atoms with Crippen molar-refractivity contribution in [2.75, 3.05) is 0 Å². The van der Waals surface area contributed by atoms with Gasteiger partial charge in [-0.3, -0.25) is 0 Å². The summed E-state index contributed by atoms with van der Waals surface area (Å²) in [5.74, 6) is 0. The van der Waals surface area contributed by atoms with Crippen molar-refractivity contribution in [1.29, 1.82) is 15.8 Å². The summed E-state index contributed by atoms with van der Waals surface area (Å²) in [4.78, 5) is 7.28. The van der Waals surface area contributed by atoms with Crippen LogP contribution in [-0.4, -0.2) is 9.13 Å². The van der Waals surface area contributed by atoms with Crippen LogP contribution >= 0.6 is 0 Å². The van der Waals surface area contributed by atoms with Gasteiger partial charge in [0.2, 0.25) is 0 Å². The van der Waals surface area contributed by atoms with Crippen molar-refractivity contribution in [3.63, 3.8) is 0 Å². The average molecular weight is 920 g/mol. The van der Waals surface area contributed by atoms with Crippen molar-refractivity contribution in [2.24, 2.45) is 0 Å². The fraction of sp³-hybridized carbons (Fsp3) is 0.0328. The number of fused-ring (bicyclic) bond motifs is 6. The fourth-order valence-electron chi connectivity index (χ4n) is 10.1. The van der Waals surface area contributed by atoms with Gasteiger partial charge in [-0.2, -0.15) is 29.0 Å². The summed E-state index contributed by atoms with van der Waals surface area (Å²) in [6.45, 7) is 17.1. The third-order valence-corrected chi connectivity index (χ3v) is 13.1. The lowest BCUT2D eigenvalue weighted by Gasteiger charge is -2.23. The first-order chi connectivity index (χ1) is 34.5. The van der Waals surface area contributed by atoms with E-state index in [9.17, 15) is 29.0 Å². The minimum Gasteiger partial charge on any atom is -0.309 e. The molecule has 0 aliphatic heterocycles. The Bertz CT molecular complexity index is 4310. The van der Waals surface area contributed by atoms with Gasteiger partial charge in [-0.25, -0.2) is 9.69 Å². The van der Waals surface area contributed by atoms with E-state index in [2.05, 4.69) is 37.0 Å². The minimum atomic E-state index is -4.64. The fourth-order valence-corrected chi connectivity index (χ4v) is 10.1. The van der Waals surface area contributed by atoms with Gasteiger partial charge in [0.15, 0.2) is 11.4 Å². The number of para-hydroxylation sites is 2. The molecule has 11 rings (SSSR count). The largest absolute Gasteiger partial charge is 0.416 e. The van der Waals surface area contributed by atoms with E-state index in [1.807, 2.05) is 109 Å². The van der Waals surface area contributed by atoms with Crippen molar-refractivity contribution < 1.29 is 13.2 Å². The molecule has 0 aliphatic carbocycles. The van der Waals surface area contributed by atoms with Crippen molar-refractivity contribution >= 4 is 55.0 Å². The highest BCUT2D eigenvalue weighted by molar-refractivity contribution is 6.14. The third-order valence-electron chi connectivity index (χ3n) is 13.1. The predicted molar refractivity (Wildman–Crippen MR) is 273 cm³/mol. The maximum atomic E-state index is 14.7. The van der Waals surface area contributed by atoms with Crippen molar-refractivity contribution in [3.8, 4) is 74.1 Å². The van der Waals surface area contributed by atoms with Crippen LogP contribution in [0.25, 0.3) is 109 Å². The Morgan fingerprint density at radius 2 is 1.06 bits per heavy atom. The predicted octanol–water partition coefficient (Wildman–Crippen LogP) is 16.6. The van der Waals surface area contributed by atoms with Gasteiger partial charge in [-0.1, -0.05) is 97.1 Å². The van der Waals surface area contributed by atoms with Crippen LogP contribution in [0.2, 0.25) is 0 Å². The van der Waals surface area contributed by atoms with E-state index in [1.54, 1.807) is 61.5 Å². The summed E-state index contributed by atoms with van der Waals surface area (Å²) in [6, 6.07) is 59.5. The standard InChI is InChI=1S/C61H32F3N7/c1-36-26-41(29-43(27-36)61(62,63)64)47-13-9-17-58(71-54-15-7-5-12-49(54)51-31-39(20-25-56(51)71)46-23-21-44(68-2)32-52(46)69-3)60(47)59-40(34-66)10-8-16-57(59)70-53-14-6-4-11-48(53)50-30-38(19-24-55(50)70)45-22-18-37(33-65)28-42(45)35-67/h4-32H,1H3. The Morgan fingerprint density at radius 1 is 0.465 bits per heavy atom. The number of aryl methyl sites for hydroxylation is 1. The van der Waals surface area contributed by atoms with E-state index in [1.165, 1.54) is 0 Å². The zero-order valence-electron chi connectivity index (χ0n) is 37.5. The van der Waals surface area contributed by atoms with Gasteiger partial charge in [0.05, 0.1) is 87.0 Å². The maximum Gasteiger partial charge on any atom is 0.416 e. The second-order valence-electron chi connectivity index (χ2n) is 17.2. The molecule has 11 aromatic rings. The van der Waals surface area contributed by atoms with Crippen LogP contribution in [0, 0.1) is 54.1 Å². The number of halogens is 3. The molecule has 2 heterocycles. The van der Waals surface area contributed by atoms with Crippen LogP contribution in [0.15, 0.2) is 176 Å². The lowest BCUT2D eigenvalue weighted by atomic mass is 9.88. The van der Waals surface area contributed by atoms with Crippen molar-refractivity contribution in [2.45, 2.75) is 13.1 Å². The number of alkyl halides is 3. The van der Waals surface area contributed by atoms with Gasteiger partial charge >= 0.3 is 6.18 Å². The molecule has 10 heteroatoms. The minimum absolute atomic E-state index is 0.288. The number of hydrogen-bond acceptors (Lipinski definition) is 3.